The highest BCUT2D eigenvalue weighted by molar-refractivity contribution is 5.12. The average Bonchev–Trinajstić information content (AvgIpc) is 2.11. The lowest BCUT2D eigenvalue weighted by molar-refractivity contribution is 0.0995. The first-order chi connectivity index (χ1) is 5.20. The number of aliphatic hydroxyl groups excluding tert-OH is 1. The largest absolute Gasteiger partial charge is 0.387 e. The van der Waals surface area contributed by atoms with Crippen molar-refractivity contribution >= 4 is 0 Å². The molecule has 1 aliphatic heterocycles. The second kappa shape index (κ2) is 2.32. The van der Waals surface area contributed by atoms with Gasteiger partial charge < -0.3 is 5.11 Å². The molecule has 1 fully saturated rings. The minimum atomic E-state index is -0.242. The summed E-state index contributed by atoms with van der Waals surface area (Å²) in [5.74, 6) is 1.30. The van der Waals surface area contributed by atoms with Crippen molar-refractivity contribution in [2.45, 2.75) is 19.1 Å². The molecule has 2 rings (SSSR count). The maximum atomic E-state index is 9.61. The number of hydrogen-bond donors (Lipinski definition) is 1. The van der Waals surface area contributed by atoms with Crippen molar-refractivity contribution in [1.29, 1.82) is 0 Å². The van der Waals surface area contributed by atoms with Crippen LogP contribution in [-0.4, -0.2) is 35.7 Å². The number of likely N-dealkylation sites (N-methyl/N-ethyl adjacent to an activating group) is 1. The highest BCUT2D eigenvalue weighted by Gasteiger charge is 2.41. The van der Waals surface area contributed by atoms with Gasteiger partial charge in [-0.15, -0.1) is 0 Å². The number of hydrogen-bond acceptors (Lipinski definition) is 2. The number of nitrogens with zero attached hydrogens (tertiary/aromatic N) is 1. The summed E-state index contributed by atoms with van der Waals surface area (Å²) >= 11 is 0. The molecule has 4 unspecified atom stereocenters. The van der Waals surface area contributed by atoms with Crippen LogP contribution in [0, 0.1) is 11.8 Å². The Labute approximate surface area is 67.5 Å². The molecule has 1 saturated heterocycles. The number of rotatable bonds is 0. The van der Waals surface area contributed by atoms with Crippen LogP contribution in [0.4, 0.5) is 0 Å². The molecule has 2 nitrogen and oxygen atoms in total. The van der Waals surface area contributed by atoms with E-state index in [4.69, 9.17) is 0 Å². The molecule has 1 N–H and O–H groups in total. The summed E-state index contributed by atoms with van der Waals surface area (Å²) in [5.41, 5.74) is 0. The van der Waals surface area contributed by atoms with Crippen LogP contribution in [0.5, 0.6) is 0 Å². The van der Waals surface area contributed by atoms with E-state index in [1.54, 1.807) is 0 Å². The standard InChI is InChI=1S/C9H15NO/c1-6-7-3-4-8(11)9(6)10(2)5-7/h3-4,6-9,11H,5H2,1-2H3. The molecule has 0 amide bonds. The zero-order valence-corrected chi connectivity index (χ0v) is 7.07. The quantitative estimate of drug-likeness (QED) is 0.512. The summed E-state index contributed by atoms with van der Waals surface area (Å²) in [6.07, 6.45) is 3.86. The van der Waals surface area contributed by atoms with E-state index in [0.29, 0.717) is 17.9 Å². The molecular formula is C9H15NO. The van der Waals surface area contributed by atoms with Crippen LogP contribution in [0.25, 0.3) is 0 Å². The highest BCUT2D eigenvalue weighted by atomic mass is 16.3. The van der Waals surface area contributed by atoms with Crippen LogP contribution in [0.3, 0.4) is 0 Å². The van der Waals surface area contributed by atoms with Crippen molar-refractivity contribution in [3.05, 3.63) is 12.2 Å². The van der Waals surface area contributed by atoms with Gasteiger partial charge in [-0.1, -0.05) is 19.1 Å². The van der Waals surface area contributed by atoms with Gasteiger partial charge >= 0.3 is 0 Å². The summed E-state index contributed by atoms with van der Waals surface area (Å²) in [7, 11) is 2.09. The second-order valence-electron chi connectivity index (χ2n) is 3.83. The molecule has 0 aromatic heterocycles. The van der Waals surface area contributed by atoms with Gasteiger partial charge in [-0.2, -0.15) is 0 Å². The van der Waals surface area contributed by atoms with E-state index < -0.39 is 0 Å². The Kier molecular flexibility index (Phi) is 1.55. The topological polar surface area (TPSA) is 23.5 Å². The Balaban J connectivity index is 2.28. The fraction of sp³-hybridized carbons (Fsp3) is 0.778. The Bertz CT molecular complexity index is 190. The molecule has 0 saturated carbocycles. The third-order valence-corrected chi connectivity index (χ3v) is 3.13. The van der Waals surface area contributed by atoms with Crippen molar-refractivity contribution in [1.82, 2.24) is 4.90 Å². The fourth-order valence-electron chi connectivity index (χ4n) is 2.45. The Morgan fingerprint density at radius 2 is 2.18 bits per heavy atom. The Hall–Kier alpha value is -0.340. The molecule has 0 aromatic rings. The monoisotopic (exact) mass is 153 g/mol. The van der Waals surface area contributed by atoms with Crippen LogP contribution in [0.2, 0.25) is 0 Å². The van der Waals surface area contributed by atoms with E-state index in [1.165, 1.54) is 0 Å². The Morgan fingerprint density at radius 3 is 2.82 bits per heavy atom. The van der Waals surface area contributed by atoms with Crippen molar-refractivity contribution in [3.63, 3.8) is 0 Å². The molecule has 1 heterocycles. The fourth-order valence-corrected chi connectivity index (χ4v) is 2.45. The predicted octanol–water partition coefficient (Wildman–Crippen LogP) is 0.483. The van der Waals surface area contributed by atoms with E-state index in [1.807, 2.05) is 6.08 Å². The summed E-state index contributed by atoms with van der Waals surface area (Å²) in [5, 5.41) is 9.61. The lowest BCUT2D eigenvalue weighted by Gasteiger charge is -2.28. The molecular weight excluding hydrogens is 138 g/mol. The van der Waals surface area contributed by atoms with Gasteiger partial charge in [-0.3, -0.25) is 4.90 Å². The van der Waals surface area contributed by atoms with Gasteiger partial charge in [-0.25, -0.2) is 0 Å². The van der Waals surface area contributed by atoms with Crippen LogP contribution in [0.15, 0.2) is 12.2 Å². The summed E-state index contributed by atoms with van der Waals surface area (Å²) in [4.78, 5) is 2.26. The van der Waals surface area contributed by atoms with Crippen molar-refractivity contribution in [3.8, 4) is 0 Å². The normalized spacial score (nSPS) is 50.1. The number of fused-ring (bicyclic) bond motifs is 2. The maximum Gasteiger partial charge on any atom is 0.0878 e. The van der Waals surface area contributed by atoms with E-state index in [0.717, 1.165) is 6.54 Å². The Morgan fingerprint density at radius 1 is 1.45 bits per heavy atom. The predicted molar refractivity (Wildman–Crippen MR) is 44.2 cm³/mol. The van der Waals surface area contributed by atoms with E-state index in [2.05, 4.69) is 24.9 Å². The molecule has 62 valence electrons. The van der Waals surface area contributed by atoms with E-state index >= 15 is 0 Å². The van der Waals surface area contributed by atoms with Crippen molar-refractivity contribution in [2.75, 3.05) is 13.6 Å². The van der Waals surface area contributed by atoms with Crippen LogP contribution in [0.1, 0.15) is 6.92 Å². The third kappa shape index (κ3) is 0.932. The molecule has 0 radical (unpaired) electrons. The first-order valence-corrected chi connectivity index (χ1v) is 4.27. The molecule has 0 aromatic carbocycles. The van der Waals surface area contributed by atoms with Crippen LogP contribution < -0.4 is 0 Å². The van der Waals surface area contributed by atoms with Gasteiger partial charge in [0.05, 0.1) is 6.10 Å². The van der Waals surface area contributed by atoms with Crippen LogP contribution in [-0.2, 0) is 0 Å². The maximum absolute atomic E-state index is 9.61. The third-order valence-electron chi connectivity index (χ3n) is 3.13. The van der Waals surface area contributed by atoms with Gasteiger partial charge in [-0.05, 0) is 18.9 Å². The lowest BCUT2D eigenvalue weighted by atomic mass is 9.85. The molecule has 0 spiro atoms. The van der Waals surface area contributed by atoms with Gasteiger partial charge in [0.1, 0.15) is 0 Å². The molecule has 11 heavy (non-hydrogen) atoms. The van der Waals surface area contributed by atoms with Crippen LogP contribution >= 0.6 is 0 Å². The number of likely N-dealkylation sites (tertiary alicyclic amines) is 1. The number of aliphatic hydroxyl groups is 1. The second-order valence-corrected chi connectivity index (χ2v) is 3.83. The summed E-state index contributed by atoms with van der Waals surface area (Å²) < 4.78 is 0. The zero-order chi connectivity index (χ0) is 8.01. The minimum absolute atomic E-state index is 0.242. The molecule has 4 atom stereocenters. The molecule has 2 aliphatic rings. The van der Waals surface area contributed by atoms with Crippen molar-refractivity contribution < 1.29 is 5.11 Å². The first-order valence-electron chi connectivity index (χ1n) is 4.27. The molecule has 2 bridgehead atoms. The smallest absolute Gasteiger partial charge is 0.0878 e. The highest BCUT2D eigenvalue weighted by Crippen LogP contribution is 2.35. The van der Waals surface area contributed by atoms with Gasteiger partial charge in [0.2, 0.25) is 0 Å². The summed E-state index contributed by atoms with van der Waals surface area (Å²) in [6, 6.07) is 0.366. The average molecular weight is 153 g/mol. The first kappa shape index (κ1) is 7.32. The zero-order valence-electron chi connectivity index (χ0n) is 7.07. The van der Waals surface area contributed by atoms with Gasteiger partial charge in [0.25, 0.3) is 0 Å². The SMILES string of the molecule is CC1C2C=CC(O)C1N(C)C2. The van der Waals surface area contributed by atoms with Gasteiger partial charge in [0, 0.05) is 12.6 Å². The summed E-state index contributed by atoms with van der Waals surface area (Å²) in [6.45, 7) is 3.34. The molecule has 2 heteroatoms. The van der Waals surface area contributed by atoms with Crippen molar-refractivity contribution in [2.24, 2.45) is 11.8 Å². The lowest BCUT2D eigenvalue weighted by Crippen LogP contribution is -2.39. The minimum Gasteiger partial charge on any atom is -0.387 e. The molecule has 1 aliphatic carbocycles. The van der Waals surface area contributed by atoms with E-state index in [-0.39, 0.29) is 6.10 Å². The van der Waals surface area contributed by atoms with Gasteiger partial charge in [0.15, 0.2) is 0 Å². The van der Waals surface area contributed by atoms with E-state index in [9.17, 15) is 5.11 Å².